The summed E-state index contributed by atoms with van der Waals surface area (Å²) in [7, 11) is 1.74. The topological polar surface area (TPSA) is 84.9 Å². The highest BCUT2D eigenvalue weighted by Gasteiger charge is 2.25. The summed E-state index contributed by atoms with van der Waals surface area (Å²) in [6, 6.07) is 13.0. The van der Waals surface area contributed by atoms with E-state index in [9.17, 15) is 4.79 Å². The van der Waals surface area contributed by atoms with Crippen LogP contribution in [-0.4, -0.2) is 54.9 Å². The van der Waals surface area contributed by atoms with Crippen LogP contribution in [0.4, 0.5) is 0 Å². The summed E-state index contributed by atoms with van der Waals surface area (Å²) >= 11 is 0. The number of piperazine rings is 1. The highest BCUT2D eigenvalue weighted by Crippen LogP contribution is 2.10. The molecule has 1 saturated heterocycles. The van der Waals surface area contributed by atoms with Crippen LogP contribution in [0.2, 0.25) is 0 Å². The molecule has 0 spiro atoms. The zero-order valence-corrected chi connectivity index (χ0v) is 17.4. The standard InChI is InChI=1S/C19H21N5O2.HI/c1-21-19(22-14-16-5-2-4-15(12-16)13-20)24-9-7-23(8-10-24)18(25)17-6-3-11-26-17;/h2-6,11-12H,7-10,14H2,1H3,(H,21,22);1H. The van der Waals surface area contributed by atoms with Gasteiger partial charge < -0.3 is 19.5 Å². The number of nitrogens with one attached hydrogen (secondary N) is 1. The molecular formula is C19H22IN5O2. The molecule has 8 heteroatoms. The molecule has 0 aliphatic carbocycles. The molecule has 1 fully saturated rings. The summed E-state index contributed by atoms with van der Waals surface area (Å²) in [6.07, 6.45) is 1.51. The maximum absolute atomic E-state index is 12.3. The maximum atomic E-state index is 12.3. The van der Waals surface area contributed by atoms with E-state index < -0.39 is 0 Å². The molecule has 1 aromatic carbocycles. The number of amides is 1. The Bertz CT molecular complexity index is 821. The van der Waals surface area contributed by atoms with Crippen molar-refractivity contribution < 1.29 is 9.21 Å². The van der Waals surface area contributed by atoms with E-state index in [0.29, 0.717) is 44.0 Å². The molecule has 0 unspecified atom stereocenters. The molecule has 0 saturated carbocycles. The molecule has 7 nitrogen and oxygen atoms in total. The first-order valence-electron chi connectivity index (χ1n) is 8.48. The lowest BCUT2D eigenvalue weighted by atomic mass is 10.1. The van der Waals surface area contributed by atoms with Crippen LogP contribution in [0.3, 0.4) is 0 Å². The largest absolute Gasteiger partial charge is 0.459 e. The Morgan fingerprint density at radius 3 is 2.59 bits per heavy atom. The number of rotatable bonds is 3. The van der Waals surface area contributed by atoms with E-state index in [-0.39, 0.29) is 29.9 Å². The molecule has 1 aromatic heterocycles. The minimum Gasteiger partial charge on any atom is -0.459 e. The monoisotopic (exact) mass is 479 g/mol. The number of aliphatic imine (C=N–C) groups is 1. The van der Waals surface area contributed by atoms with Gasteiger partial charge in [-0.1, -0.05) is 12.1 Å². The quantitative estimate of drug-likeness (QED) is 0.415. The third-order valence-corrected chi connectivity index (χ3v) is 4.32. The van der Waals surface area contributed by atoms with E-state index in [4.69, 9.17) is 9.68 Å². The SMILES string of the molecule is CN=C(NCc1cccc(C#N)c1)N1CCN(C(=O)c2ccco2)CC1.I. The number of hydrogen-bond acceptors (Lipinski definition) is 4. The van der Waals surface area contributed by atoms with Crippen molar-refractivity contribution in [3.63, 3.8) is 0 Å². The first kappa shape index (κ1) is 20.8. The Morgan fingerprint density at radius 1 is 1.22 bits per heavy atom. The van der Waals surface area contributed by atoms with Crippen molar-refractivity contribution >= 4 is 35.8 Å². The van der Waals surface area contributed by atoms with Gasteiger partial charge in [0.25, 0.3) is 5.91 Å². The second-order valence-electron chi connectivity index (χ2n) is 5.97. The zero-order chi connectivity index (χ0) is 18.4. The van der Waals surface area contributed by atoms with Gasteiger partial charge >= 0.3 is 0 Å². The normalized spacial score (nSPS) is 14.3. The van der Waals surface area contributed by atoms with Crippen LogP contribution in [0, 0.1) is 11.3 Å². The first-order valence-corrected chi connectivity index (χ1v) is 8.48. The van der Waals surface area contributed by atoms with Crippen molar-refractivity contribution in [3.8, 4) is 6.07 Å². The lowest BCUT2D eigenvalue weighted by molar-refractivity contribution is 0.0657. The molecule has 1 N–H and O–H groups in total. The maximum Gasteiger partial charge on any atom is 0.289 e. The smallest absolute Gasteiger partial charge is 0.289 e. The van der Waals surface area contributed by atoms with E-state index in [1.807, 2.05) is 18.2 Å². The summed E-state index contributed by atoms with van der Waals surface area (Å²) in [5.41, 5.74) is 1.67. The molecular weight excluding hydrogens is 457 g/mol. The van der Waals surface area contributed by atoms with Gasteiger partial charge in [0.05, 0.1) is 17.9 Å². The number of halogens is 1. The Kier molecular flexibility index (Phi) is 7.67. The van der Waals surface area contributed by atoms with E-state index in [1.165, 1.54) is 6.26 Å². The molecule has 1 amide bonds. The van der Waals surface area contributed by atoms with Gasteiger partial charge in [0.15, 0.2) is 11.7 Å². The van der Waals surface area contributed by atoms with Crippen molar-refractivity contribution in [2.24, 2.45) is 4.99 Å². The van der Waals surface area contributed by atoms with Crippen molar-refractivity contribution in [2.45, 2.75) is 6.54 Å². The lowest BCUT2D eigenvalue weighted by Crippen LogP contribution is -2.53. The summed E-state index contributed by atoms with van der Waals surface area (Å²) in [4.78, 5) is 20.6. The number of furan rings is 1. The van der Waals surface area contributed by atoms with Gasteiger partial charge in [0, 0.05) is 39.8 Å². The summed E-state index contributed by atoms with van der Waals surface area (Å²) in [5.74, 6) is 1.08. The van der Waals surface area contributed by atoms with E-state index >= 15 is 0 Å². The molecule has 27 heavy (non-hydrogen) atoms. The van der Waals surface area contributed by atoms with E-state index in [2.05, 4.69) is 21.3 Å². The highest BCUT2D eigenvalue weighted by atomic mass is 127. The molecule has 3 rings (SSSR count). The Balaban J connectivity index is 0.00000261. The van der Waals surface area contributed by atoms with Crippen LogP contribution >= 0.6 is 24.0 Å². The van der Waals surface area contributed by atoms with E-state index in [0.717, 1.165) is 11.5 Å². The average Bonchev–Trinajstić information content (AvgIpc) is 3.23. The van der Waals surface area contributed by atoms with Crippen molar-refractivity contribution in [1.82, 2.24) is 15.1 Å². The average molecular weight is 479 g/mol. The fraction of sp³-hybridized carbons (Fsp3) is 0.316. The van der Waals surface area contributed by atoms with Crippen LogP contribution < -0.4 is 5.32 Å². The fourth-order valence-corrected chi connectivity index (χ4v) is 2.94. The summed E-state index contributed by atoms with van der Waals surface area (Å²) in [5, 5.41) is 12.3. The molecule has 0 bridgehead atoms. The van der Waals surface area contributed by atoms with Crippen molar-refractivity contribution in [2.75, 3.05) is 33.2 Å². The predicted octanol–water partition coefficient (Wildman–Crippen LogP) is 2.30. The van der Waals surface area contributed by atoms with Gasteiger partial charge in [-0.05, 0) is 29.8 Å². The third kappa shape index (κ3) is 5.23. The zero-order valence-electron chi connectivity index (χ0n) is 15.1. The second-order valence-corrected chi connectivity index (χ2v) is 5.97. The Hall–Kier alpha value is -2.54. The number of carbonyl (C=O) groups is 1. The number of carbonyl (C=O) groups excluding carboxylic acids is 1. The lowest BCUT2D eigenvalue weighted by Gasteiger charge is -2.36. The predicted molar refractivity (Wildman–Crippen MR) is 113 cm³/mol. The van der Waals surface area contributed by atoms with Crippen LogP contribution in [0.15, 0.2) is 52.1 Å². The van der Waals surface area contributed by atoms with Crippen LogP contribution in [0.25, 0.3) is 0 Å². The minimum absolute atomic E-state index is 0. The molecule has 142 valence electrons. The number of hydrogen-bond donors (Lipinski definition) is 1. The molecule has 1 aliphatic rings. The van der Waals surface area contributed by atoms with Gasteiger partial charge in [-0.15, -0.1) is 24.0 Å². The van der Waals surface area contributed by atoms with Gasteiger partial charge in [0.1, 0.15) is 0 Å². The van der Waals surface area contributed by atoms with Gasteiger partial charge in [-0.3, -0.25) is 9.79 Å². The molecule has 0 radical (unpaired) electrons. The van der Waals surface area contributed by atoms with Crippen LogP contribution in [0.1, 0.15) is 21.7 Å². The number of nitriles is 1. The highest BCUT2D eigenvalue weighted by molar-refractivity contribution is 14.0. The molecule has 2 aromatic rings. The van der Waals surface area contributed by atoms with Gasteiger partial charge in [-0.2, -0.15) is 5.26 Å². The fourth-order valence-electron chi connectivity index (χ4n) is 2.94. The molecule has 2 heterocycles. The minimum atomic E-state index is -0.0779. The Morgan fingerprint density at radius 2 is 1.96 bits per heavy atom. The number of nitrogens with zero attached hydrogens (tertiary/aromatic N) is 4. The van der Waals surface area contributed by atoms with Crippen LogP contribution in [0.5, 0.6) is 0 Å². The van der Waals surface area contributed by atoms with Gasteiger partial charge in [-0.25, -0.2) is 0 Å². The van der Waals surface area contributed by atoms with Crippen LogP contribution in [-0.2, 0) is 6.54 Å². The van der Waals surface area contributed by atoms with Crippen molar-refractivity contribution in [3.05, 3.63) is 59.5 Å². The number of benzene rings is 1. The number of guanidine groups is 1. The van der Waals surface area contributed by atoms with Gasteiger partial charge in [0.2, 0.25) is 0 Å². The third-order valence-electron chi connectivity index (χ3n) is 4.32. The summed E-state index contributed by atoms with van der Waals surface area (Å²) < 4.78 is 5.19. The summed E-state index contributed by atoms with van der Waals surface area (Å²) in [6.45, 7) is 3.22. The molecule has 0 atom stereocenters. The first-order chi connectivity index (χ1) is 12.7. The molecule has 1 aliphatic heterocycles. The Labute approximate surface area is 175 Å². The second kappa shape index (κ2) is 9.97. The van der Waals surface area contributed by atoms with E-state index in [1.54, 1.807) is 30.1 Å². The van der Waals surface area contributed by atoms with Crippen molar-refractivity contribution in [1.29, 1.82) is 5.26 Å².